The number of amides is 1. The van der Waals surface area contributed by atoms with Crippen molar-refractivity contribution in [2.75, 3.05) is 24.5 Å². The summed E-state index contributed by atoms with van der Waals surface area (Å²) in [6, 6.07) is 3.87. The van der Waals surface area contributed by atoms with Gasteiger partial charge in [-0.15, -0.1) is 0 Å². The molecule has 0 aromatic carbocycles. The largest absolute Gasteiger partial charge is 0.340 e. The number of rotatable bonds is 3. The first-order chi connectivity index (χ1) is 11.7. The zero-order valence-corrected chi connectivity index (χ0v) is 13.2. The third kappa shape index (κ3) is 2.81. The van der Waals surface area contributed by atoms with Crippen LogP contribution in [0.1, 0.15) is 12.0 Å². The van der Waals surface area contributed by atoms with Crippen LogP contribution in [-0.2, 0) is 11.3 Å². The van der Waals surface area contributed by atoms with E-state index in [1.165, 1.54) is 12.4 Å². The van der Waals surface area contributed by atoms with E-state index in [9.17, 15) is 9.18 Å². The highest BCUT2D eigenvalue weighted by molar-refractivity contribution is 5.81. The summed E-state index contributed by atoms with van der Waals surface area (Å²) in [6.07, 6.45) is 6.83. The zero-order chi connectivity index (χ0) is 16.5. The highest BCUT2D eigenvalue weighted by Gasteiger charge is 2.43. The molecule has 0 spiro atoms. The van der Waals surface area contributed by atoms with E-state index in [0.717, 1.165) is 25.1 Å². The van der Waals surface area contributed by atoms with Crippen molar-refractivity contribution in [3.63, 3.8) is 0 Å². The van der Waals surface area contributed by atoms with Crippen LogP contribution in [0.25, 0.3) is 0 Å². The highest BCUT2D eigenvalue weighted by atomic mass is 19.1. The minimum Gasteiger partial charge on any atom is -0.340 e. The molecule has 0 radical (unpaired) electrons. The minimum absolute atomic E-state index is 0.0379. The van der Waals surface area contributed by atoms with E-state index in [1.807, 2.05) is 21.9 Å². The molecule has 4 heterocycles. The topological polar surface area (TPSA) is 62.2 Å². The Balaban J connectivity index is 1.46. The van der Waals surface area contributed by atoms with Crippen LogP contribution >= 0.6 is 0 Å². The number of carbonyl (C=O) groups excluding carboxylic acids is 1. The van der Waals surface area contributed by atoms with Gasteiger partial charge in [0.2, 0.25) is 11.9 Å². The Morgan fingerprint density at radius 1 is 1.21 bits per heavy atom. The van der Waals surface area contributed by atoms with Gasteiger partial charge < -0.3 is 9.80 Å². The van der Waals surface area contributed by atoms with Gasteiger partial charge in [-0.25, -0.2) is 14.4 Å². The smallest absolute Gasteiger partial charge is 0.228 e. The Bertz CT molecular complexity index is 724. The fraction of sp³-hybridized carbons (Fsp3) is 0.412. The standard InChI is InChI=1S/C17H18FN5O/c18-14-7-20-17(21-8-14)23-10-13-3-5-22(16(24)15(13)11-23)9-12-2-1-4-19-6-12/h1-2,4,6-8,13,15H,3,5,9-11H2. The Hall–Kier alpha value is -2.57. The number of pyridine rings is 1. The van der Waals surface area contributed by atoms with Crippen LogP contribution in [0.15, 0.2) is 36.9 Å². The number of hydrogen-bond donors (Lipinski definition) is 0. The predicted octanol–water partition coefficient (Wildman–Crippen LogP) is 1.50. The summed E-state index contributed by atoms with van der Waals surface area (Å²) in [5.41, 5.74) is 1.04. The SMILES string of the molecule is O=C1C2CN(c3ncc(F)cn3)CC2CCN1Cc1cccnc1. The first kappa shape index (κ1) is 15.0. The van der Waals surface area contributed by atoms with Crippen molar-refractivity contribution in [1.82, 2.24) is 19.9 Å². The predicted molar refractivity (Wildman–Crippen MR) is 85.5 cm³/mol. The summed E-state index contributed by atoms with van der Waals surface area (Å²) in [4.78, 5) is 28.9. The number of aromatic nitrogens is 3. The van der Waals surface area contributed by atoms with Gasteiger partial charge in [0.05, 0.1) is 18.3 Å². The third-order valence-electron chi connectivity index (χ3n) is 4.83. The molecule has 2 aliphatic rings. The third-order valence-corrected chi connectivity index (χ3v) is 4.83. The zero-order valence-electron chi connectivity index (χ0n) is 13.2. The number of piperidine rings is 1. The molecule has 0 saturated carbocycles. The number of carbonyl (C=O) groups is 1. The fourth-order valence-corrected chi connectivity index (χ4v) is 3.61. The average molecular weight is 327 g/mol. The van der Waals surface area contributed by atoms with Crippen LogP contribution < -0.4 is 4.90 Å². The molecule has 0 aliphatic carbocycles. The van der Waals surface area contributed by atoms with Gasteiger partial charge in [0.1, 0.15) is 0 Å². The van der Waals surface area contributed by atoms with Crippen LogP contribution in [0.3, 0.4) is 0 Å². The van der Waals surface area contributed by atoms with E-state index in [0.29, 0.717) is 25.0 Å². The maximum absolute atomic E-state index is 13.0. The van der Waals surface area contributed by atoms with Gasteiger partial charge >= 0.3 is 0 Å². The molecule has 24 heavy (non-hydrogen) atoms. The van der Waals surface area contributed by atoms with E-state index < -0.39 is 5.82 Å². The van der Waals surface area contributed by atoms with E-state index in [4.69, 9.17) is 0 Å². The first-order valence-corrected chi connectivity index (χ1v) is 8.11. The Morgan fingerprint density at radius 3 is 2.79 bits per heavy atom. The lowest BCUT2D eigenvalue weighted by atomic mass is 9.88. The maximum Gasteiger partial charge on any atom is 0.228 e. The van der Waals surface area contributed by atoms with Gasteiger partial charge in [-0.05, 0) is 24.0 Å². The molecule has 4 rings (SSSR count). The summed E-state index contributed by atoms with van der Waals surface area (Å²) in [5.74, 6) is 0.506. The molecule has 2 unspecified atom stereocenters. The molecule has 2 aromatic rings. The molecule has 2 aromatic heterocycles. The van der Waals surface area contributed by atoms with Crippen LogP contribution in [0.4, 0.5) is 10.3 Å². The number of hydrogen-bond acceptors (Lipinski definition) is 5. The van der Waals surface area contributed by atoms with Crippen molar-refractivity contribution in [1.29, 1.82) is 0 Å². The highest BCUT2D eigenvalue weighted by Crippen LogP contribution is 2.34. The monoisotopic (exact) mass is 327 g/mol. The molecule has 2 saturated heterocycles. The number of fused-ring (bicyclic) bond motifs is 1. The second kappa shape index (κ2) is 6.14. The second-order valence-electron chi connectivity index (χ2n) is 6.38. The molecular weight excluding hydrogens is 309 g/mol. The number of likely N-dealkylation sites (tertiary alicyclic amines) is 1. The van der Waals surface area contributed by atoms with Crippen LogP contribution in [0.5, 0.6) is 0 Å². The lowest BCUT2D eigenvalue weighted by Crippen LogP contribution is -2.44. The Morgan fingerprint density at radius 2 is 2.04 bits per heavy atom. The summed E-state index contributed by atoms with van der Waals surface area (Å²) < 4.78 is 13.0. The van der Waals surface area contributed by atoms with Crippen molar-refractivity contribution < 1.29 is 9.18 Å². The summed E-state index contributed by atoms with van der Waals surface area (Å²) in [7, 11) is 0. The van der Waals surface area contributed by atoms with Crippen molar-refractivity contribution >= 4 is 11.9 Å². The molecule has 2 fully saturated rings. The van der Waals surface area contributed by atoms with Gasteiger partial charge in [0.25, 0.3) is 0 Å². The summed E-state index contributed by atoms with van der Waals surface area (Å²) in [6.45, 7) is 2.71. The van der Waals surface area contributed by atoms with Gasteiger partial charge in [-0.1, -0.05) is 6.07 Å². The maximum atomic E-state index is 13.0. The van der Waals surface area contributed by atoms with Gasteiger partial charge in [-0.2, -0.15) is 0 Å². The van der Waals surface area contributed by atoms with E-state index in [2.05, 4.69) is 15.0 Å². The molecule has 6 nitrogen and oxygen atoms in total. The van der Waals surface area contributed by atoms with Crippen LogP contribution in [0, 0.1) is 17.7 Å². The lowest BCUT2D eigenvalue weighted by molar-refractivity contribution is -0.140. The van der Waals surface area contributed by atoms with Gasteiger partial charge in [0, 0.05) is 38.6 Å². The second-order valence-corrected chi connectivity index (χ2v) is 6.38. The molecule has 124 valence electrons. The number of nitrogens with zero attached hydrogens (tertiary/aromatic N) is 5. The van der Waals surface area contributed by atoms with Gasteiger partial charge in [-0.3, -0.25) is 9.78 Å². The number of anilines is 1. The van der Waals surface area contributed by atoms with Crippen LogP contribution in [0.2, 0.25) is 0 Å². The van der Waals surface area contributed by atoms with E-state index >= 15 is 0 Å². The molecule has 7 heteroatoms. The van der Waals surface area contributed by atoms with Crippen molar-refractivity contribution in [3.8, 4) is 0 Å². The Labute approximate surface area is 139 Å². The fourth-order valence-electron chi connectivity index (χ4n) is 3.61. The van der Waals surface area contributed by atoms with Crippen molar-refractivity contribution in [2.45, 2.75) is 13.0 Å². The van der Waals surface area contributed by atoms with Crippen LogP contribution in [-0.4, -0.2) is 45.4 Å². The van der Waals surface area contributed by atoms with Crippen molar-refractivity contribution in [3.05, 3.63) is 48.3 Å². The molecule has 0 bridgehead atoms. The van der Waals surface area contributed by atoms with Gasteiger partial charge in [0.15, 0.2) is 5.82 Å². The average Bonchev–Trinajstić information content (AvgIpc) is 3.04. The molecule has 1 amide bonds. The van der Waals surface area contributed by atoms with E-state index in [-0.39, 0.29) is 11.8 Å². The first-order valence-electron chi connectivity index (χ1n) is 8.11. The minimum atomic E-state index is -0.450. The summed E-state index contributed by atoms with van der Waals surface area (Å²) in [5, 5.41) is 0. The molecule has 2 atom stereocenters. The molecule has 0 N–H and O–H groups in total. The normalized spacial score (nSPS) is 23.5. The lowest BCUT2D eigenvalue weighted by Gasteiger charge is -2.33. The number of halogens is 1. The van der Waals surface area contributed by atoms with Crippen molar-refractivity contribution in [2.24, 2.45) is 11.8 Å². The molecule has 2 aliphatic heterocycles. The van der Waals surface area contributed by atoms with E-state index in [1.54, 1.807) is 12.4 Å². The Kier molecular flexibility index (Phi) is 3.84. The summed E-state index contributed by atoms with van der Waals surface area (Å²) >= 11 is 0. The molecular formula is C17H18FN5O. The quantitative estimate of drug-likeness (QED) is 0.855.